The highest BCUT2D eigenvalue weighted by molar-refractivity contribution is 5.94. The molecule has 0 spiro atoms. The van der Waals surface area contributed by atoms with Gasteiger partial charge in [-0.05, 0) is 42.3 Å². The molecule has 0 saturated heterocycles. The SMILES string of the molecule is COCc1cccc(-c2n[nH]c3c2CCN(C(=O)c2ccc(O)cc2)CC3)c1. The number of nitrogens with zero attached hydrogens (tertiary/aromatic N) is 2. The lowest BCUT2D eigenvalue weighted by Crippen LogP contribution is -2.33. The Morgan fingerprint density at radius 2 is 1.96 bits per heavy atom. The van der Waals surface area contributed by atoms with Gasteiger partial charge in [-0.1, -0.05) is 18.2 Å². The number of aromatic nitrogens is 2. The Labute approximate surface area is 163 Å². The van der Waals surface area contributed by atoms with Crippen LogP contribution in [0.3, 0.4) is 0 Å². The van der Waals surface area contributed by atoms with Crippen molar-refractivity contribution in [1.82, 2.24) is 15.1 Å². The smallest absolute Gasteiger partial charge is 0.253 e. The van der Waals surface area contributed by atoms with Crippen LogP contribution in [0.2, 0.25) is 0 Å². The Balaban J connectivity index is 1.55. The minimum absolute atomic E-state index is 0.0123. The highest BCUT2D eigenvalue weighted by atomic mass is 16.5. The summed E-state index contributed by atoms with van der Waals surface area (Å²) in [5.74, 6) is 0.149. The van der Waals surface area contributed by atoms with Gasteiger partial charge in [0.2, 0.25) is 0 Å². The molecule has 28 heavy (non-hydrogen) atoms. The number of H-pyrrole nitrogens is 1. The number of fused-ring (bicyclic) bond motifs is 1. The molecule has 0 atom stereocenters. The topological polar surface area (TPSA) is 78.5 Å². The van der Waals surface area contributed by atoms with Crippen molar-refractivity contribution in [3.8, 4) is 17.0 Å². The Morgan fingerprint density at radius 1 is 1.18 bits per heavy atom. The van der Waals surface area contributed by atoms with Crippen molar-refractivity contribution in [3.63, 3.8) is 0 Å². The molecule has 2 aromatic carbocycles. The maximum absolute atomic E-state index is 12.8. The lowest BCUT2D eigenvalue weighted by Gasteiger charge is -2.20. The van der Waals surface area contributed by atoms with Crippen LogP contribution >= 0.6 is 0 Å². The minimum Gasteiger partial charge on any atom is -0.508 e. The van der Waals surface area contributed by atoms with Crippen LogP contribution < -0.4 is 0 Å². The second-order valence-corrected chi connectivity index (χ2v) is 7.00. The summed E-state index contributed by atoms with van der Waals surface area (Å²) in [7, 11) is 1.69. The first kappa shape index (κ1) is 18.3. The van der Waals surface area contributed by atoms with E-state index in [0.717, 1.165) is 35.4 Å². The molecule has 1 amide bonds. The minimum atomic E-state index is -0.0123. The van der Waals surface area contributed by atoms with Gasteiger partial charge in [0, 0.05) is 49.0 Å². The number of phenols is 1. The molecule has 0 aliphatic carbocycles. The maximum Gasteiger partial charge on any atom is 0.253 e. The number of hydrogen-bond acceptors (Lipinski definition) is 4. The van der Waals surface area contributed by atoms with Crippen molar-refractivity contribution in [3.05, 3.63) is 70.9 Å². The second-order valence-electron chi connectivity index (χ2n) is 7.00. The van der Waals surface area contributed by atoms with E-state index in [1.807, 2.05) is 17.0 Å². The van der Waals surface area contributed by atoms with E-state index in [9.17, 15) is 9.90 Å². The number of aromatic amines is 1. The van der Waals surface area contributed by atoms with Gasteiger partial charge in [0.1, 0.15) is 5.75 Å². The summed E-state index contributed by atoms with van der Waals surface area (Å²) in [6.45, 7) is 1.84. The molecule has 0 unspecified atom stereocenters. The van der Waals surface area contributed by atoms with Crippen LogP contribution in [0, 0.1) is 0 Å². The van der Waals surface area contributed by atoms with Crippen molar-refractivity contribution in [2.45, 2.75) is 19.4 Å². The molecular weight excluding hydrogens is 354 g/mol. The molecule has 0 fully saturated rings. The summed E-state index contributed by atoms with van der Waals surface area (Å²) in [6, 6.07) is 14.6. The highest BCUT2D eigenvalue weighted by Crippen LogP contribution is 2.28. The Kier molecular flexibility index (Phi) is 5.12. The molecule has 1 aliphatic rings. The summed E-state index contributed by atoms with van der Waals surface area (Å²) < 4.78 is 5.23. The molecule has 6 heteroatoms. The van der Waals surface area contributed by atoms with E-state index in [2.05, 4.69) is 22.3 Å². The largest absolute Gasteiger partial charge is 0.508 e. The van der Waals surface area contributed by atoms with E-state index in [0.29, 0.717) is 25.3 Å². The van der Waals surface area contributed by atoms with Crippen molar-refractivity contribution in [1.29, 1.82) is 0 Å². The summed E-state index contributed by atoms with van der Waals surface area (Å²) in [5.41, 5.74) is 5.98. The predicted octanol–water partition coefficient (Wildman–Crippen LogP) is 3.17. The molecule has 1 aromatic heterocycles. The van der Waals surface area contributed by atoms with Gasteiger partial charge in [-0.2, -0.15) is 5.10 Å². The molecule has 0 bridgehead atoms. The van der Waals surface area contributed by atoms with Crippen LogP contribution in [-0.4, -0.2) is 46.3 Å². The van der Waals surface area contributed by atoms with Crippen LogP contribution in [0.15, 0.2) is 48.5 Å². The van der Waals surface area contributed by atoms with Crippen molar-refractivity contribution < 1.29 is 14.6 Å². The van der Waals surface area contributed by atoms with Crippen LogP contribution in [0.5, 0.6) is 5.75 Å². The number of phenolic OH excluding ortho intramolecular Hbond substituents is 1. The number of methoxy groups -OCH3 is 1. The predicted molar refractivity (Wildman–Crippen MR) is 106 cm³/mol. The molecule has 3 aromatic rings. The number of carbonyl (C=O) groups excluding carboxylic acids is 1. The van der Waals surface area contributed by atoms with Gasteiger partial charge in [0.25, 0.3) is 5.91 Å². The van der Waals surface area contributed by atoms with Crippen molar-refractivity contribution in [2.75, 3.05) is 20.2 Å². The van der Waals surface area contributed by atoms with E-state index in [4.69, 9.17) is 4.74 Å². The van der Waals surface area contributed by atoms with Crippen LogP contribution in [0.4, 0.5) is 0 Å². The molecule has 1 aliphatic heterocycles. The van der Waals surface area contributed by atoms with Gasteiger partial charge in [-0.25, -0.2) is 0 Å². The first-order valence-electron chi connectivity index (χ1n) is 9.38. The van der Waals surface area contributed by atoms with E-state index in [1.54, 1.807) is 31.4 Å². The summed E-state index contributed by atoms with van der Waals surface area (Å²) in [6.07, 6.45) is 1.49. The average molecular weight is 377 g/mol. The molecule has 6 nitrogen and oxygen atoms in total. The standard InChI is InChI=1S/C22H23N3O3/c1-28-14-15-3-2-4-17(13-15)21-19-9-11-25(12-10-20(19)23-24-21)22(27)16-5-7-18(26)8-6-16/h2-8,13,26H,9-12,14H2,1H3,(H,23,24). The fourth-order valence-corrected chi connectivity index (χ4v) is 3.69. The monoisotopic (exact) mass is 377 g/mol. The second kappa shape index (κ2) is 7.86. The molecule has 2 N–H and O–H groups in total. The fraction of sp³-hybridized carbons (Fsp3) is 0.273. The van der Waals surface area contributed by atoms with E-state index in [-0.39, 0.29) is 11.7 Å². The van der Waals surface area contributed by atoms with Gasteiger partial charge < -0.3 is 14.7 Å². The molecule has 2 heterocycles. The number of amides is 1. The Bertz CT molecular complexity index is 979. The number of rotatable bonds is 4. The van der Waals surface area contributed by atoms with Crippen molar-refractivity contribution in [2.24, 2.45) is 0 Å². The molecule has 0 radical (unpaired) electrons. The number of aromatic hydroxyl groups is 1. The molecule has 4 rings (SSSR count). The lowest BCUT2D eigenvalue weighted by molar-refractivity contribution is 0.0763. The summed E-state index contributed by atoms with van der Waals surface area (Å²) in [4.78, 5) is 14.7. The summed E-state index contributed by atoms with van der Waals surface area (Å²) >= 11 is 0. The number of carbonyl (C=O) groups is 1. The van der Waals surface area contributed by atoms with Crippen LogP contribution in [-0.2, 0) is 24.2 Å². The third-order valence-corrected chi connectivity index (χ3v) is 5.13. The molecule has 0 saturated carbocycles. The van der Waals surface area contributed by atoms with Crippen molar-refractivity contribution >= 4 is 5.91 Å². The maximum atomic E-state index is 12.8. The van der Waals surface area contributed by atoms with Gasteiger partial charge in [-0.15, -0.1) is 0 Å². The first-order chi connectivity index (χ1) is 13.7. The van der Waals surface area contributed by atoms with E-state index < -0.39 is 0 Å². The molecular formula is C22H23N3O3. The molecule has 144 valence electrons. The van der Waals surface area contributed by atoms with Gasteiger partial charge in [0.05, 0.1) is 12.3 Å². The van der Waals surface area contributed by atoms with Crippen LogP contribution in [0.25, 0.3) is 11.3 Å². The lowest BCUT2D eigenvalue weighted by atomic mass is 10.0. The Hall–Kier alpha value is -3.12. The number of benzene rings is 2. The highest BCUT2D eigenvalue weighted by Gasteiger charge is 2.23. The van der Waals surface area contributed by atoms with E-state index in [1.165, 1.54) is 5.56 Å². The third-order valence-electron chi connectivity index (χ3n) is 5.13. The zero-order valence-electron chi connectivity index (χ0n) is 15.8. The van der Waals surface area contributed by atoms with Gasteiger partial charge >= 0.3 is 0 Å². The number of hydrogen-bond donors (Lipinski definition) is 2. The zero-order valence-corrected chi connectivity index (χ0v) is 15.8. The quantitative estimate of drug-likeness (QED) is 0.732. The average Bonchev–Trinajstić information content (AvgIpc) is 3.00. The first-order valence-corrected chi connectivity index (χ1v) is 9.38. The van der Waals surface area contributed by atoms with Gasteiger partial charge in [-0.3, -0.25) is 9.89 Å². The Morgan fingerprint density at radius 3 is 2.75 bits per heavy atom. The fourth-order valence-electron chi connectivity index (χ4n) is 3.69. The van der Waals surface area contributed by atoms with Crippen LogP contribution in [0.1, 0.15) is 27.2 Å². The number of nitrogens with one attached hydrogen (secondary N) is 1. The third kappa shape index (κ3) is 3.64. The van der Waals surface area contributed by atoms with Gasteiger partial charge in [0.15, 0.2) is 0 Å². The zero-order chi connectivity index (χ0) is 19.5. The summed E-state index contributed by atoms with van der Waals surface area (Å²) in [5, 5.41) is 17.2. The number of ether oxygens (including phenoxy) is 1. The van der Waals surface area contributed by atoms with E-state index >= 15 is 0 Å². The normalized spacial score (nSPS) is 13.8.